The lowest BCUT2D eigenvalue weighted by Gasteiger charge is -2.38. The molecule has 0 aliphatic heterocycles. The molecule has 332 valence electrons. The molecule has 0 aromatic heterocycles. The first-order valence-corrected chi connectivity index (χ1v) is 25.7. The molecule has 9 aromatic rings. The Morgan fingerprint density at radius 3 is 1.67 bits per heavy atom. The summed E-state index contributed by atoms with van der Waals surface area (Å²) in [5, 5.41) is 0. The van der Waals surface area contributed by atoms with Crippen LogP contribution >= 0.6 is 0 Å². The summed E-state index contributed by atoms with van der Waals surface area (Å²) in [4.78, 5) is 2.48. The highest BCUT2D eigenvalue weighted by atomic mass is 15.1. The van der Waals surface area contributed by atoms with Crippen molar-refractivity contribution in [2.75, 3.05) is 4.90 Å². The fourth-order valence-corrected chi connectivity index (χ4v) is 15.2. The number of anilines is 3. The van der Waals surface area contributed by atoms with Crippen LogP contribution in [0.3, 0.4) is 0 Å². The smallest absolute Gasteiger partial charge is 0.0725 e. The number of hydrogen-bond acceptors (Lipinski definition) is 1. The first kappa shape index (κ1) is 39.7. The fraction of sp³-hybridized carbons (Fsp3) is 0.206. The van der Waals surface area contributed by atoms with E-state index < -0.39 is 0 Å². The average Bonchev–Trinajstić information content (AvgIpc) is 3.87. The van der Waals surface area contributed by atoms with Crippen LogP contribution in [0.25, 0.3) is 55.6 Å². The molecule has 0 heterocycles. The predicted molar refractivity (Wildman–Crippen MR) is 286 cm³/mol. The Bertz CT molecular complexity index is 3600. The molecule has 2 saturated carbocycles. The molecule has 16 rings (SSSR count). The summed E-state index contributed by atoms with van der Waals surface area (Å²) in [7, 11) is 0. The summed E-state index contributed by atoms with van der Waals surface area (Å²) < 4.78 is 0. The van der Waals surface area contributed by atoms with Crippen molar-refractivity contribution in [3.05, 3.63) is 244 Å². The van der Waals surface area contributed by atoms with Crippen LogP contribution in [0.5, 0.6) is 0 Å². The molecule has 9 aromatic carbocycles. The Morgan fingerprint density at radius 1 is 0.362 bits per heavy atom. The molecule has 7 aliphatic carbocycles. The third kappa shape index (κ3) is 5.54. The summed E-state index contributed by atoms with van der Waals surface area (Å²) in [6, 6.07) is 74.9. The second-order valence-electron chi connectivity index (χ2n) is 22.1. The maximum atomic E-state index is 2.77. The number of para-hydroxylation sites is 1. The normalized spacial score (nSPS) is 22.0. The molecule has 1 heteroatoms. The van der Waals surface area contributed by atoms with Crippen LogP contribution in [-0.4, -0.2) is 0 Å². The van der Waals surface area contributed by atoms with Crippen LogP contribution in [0, 0.1) is 18.8 Å². The Hall–Kier alpha value is -7.22. The van der Waals surface area contributed by atoms with Gasteiger partial charge in [-0.1, -0.05) is 177 Å². The van der Waals surface area contributed by atoms with Crippen molar-refractivity contribution >= 4 is 17.1 Å². The summed E-state index contributed by atoms with van der Waals surface area (Å²) in [5.41, 5.74) is 29.5. The fourth-order valence-electron chi connectivity index (χ4n) is 15.2. The first-order chi connectivity index (χ1) is 33.8. The van der Waals surface area contributed by atoms with Gasteiger partial charge in [0.1, 0.15) is 0 Å². The topological polar surface area (TPSA) is 3.24 Å². The molecule has 7 aliphatic rings. The molecular weight excluding hydrogens is 831 g/mol. The molecule has 69 heavy (non-hydrogen) atoms. The largest absolute Gasteiger partial charge is 0.310 e. The zero-order valence-electron chi connectivity index (χ0n) is 39.8. The third-order valence-electron chi connectivity index (χ3n) is 18.1. The van der Waals surface area contributed by atoms with Crippen molar-refractivity contribution in [3.8, 4) is 55.6 Å². The maximum absolute atomic E-state index is 2.77. The van der Waals surface area contributed by atoms with Gasteiger partial charge in [-0.15, -0.1) is 0 Å². The molecular formula is C68H55N. The van der Waals surface area contributed by atoms with Gasteiger partial charge in [0.15, 0.2) is 0 Å². The highest BCUT2D eigenvalue weighted by molar-refractivity contribution is 5.97. The Labute approximate surface area is 407 Å². The van der Waals surface area contributed by atoms with E-state index in [1.807, 2.05) is 0 Å². The van der Waals surface area contributed by atoms with Crippen molar-refractivity contribution in [2.24, 2.45) is 11.8 Å². The van der Waals surface area contributed by atoms with E-state index in [9.17, 15) is 0 Å². The highest BCUT2D eigenvalue weighted by Gasteiger charge is 2.53. The first-order valence-electron chi connectivity index (χ1n) is 25.7. The van der Waals surface area contributed by atoms with Crippen LogP contribution in [0.4, 0.5) is 17.1 Å². The van der Waals surface area contributed by atoms with Gasteiger partial charge >= 0.3 is 0 Å². The molecule has 1 spiro atoms. The number of benzene rings is 9. The summed E-state index contributed by atoms with van der Waals surface area (Å²) in [6.07, 6.45) is 6.97. The Morgan fingerprint density at radius 2 is 0.899 bits per heavy atom. The predicted octanol–water partition coefficient (Wildman–Crippen LogP) is 17.8. The number of aryl methyl sites for hydroxylation is 1. The van der Waals surface area contributed by atoms with Gasteiger partial charge in [0.2, 0.25) is 0 Å². The Balaban J connectivity index is 0.891. The molecule has 4 bridgehead atoms. The molecule has 3 unspecified atom stereocenters. The van der Waals surface area contributed by atoms with Gasteiger partial charge in [-0.05, 0) is 194 Å². The number of fused-ring (bicyclic) bond motifs is 13. The van der Waals surface area contributed by atoms with Gasteiger partial charge in [0.25, 0.3) is 0 Å². The van der Waals surface area contributed by atoms with Gasteiger partial charge in [-0.3, -0.25) is 0 Å². The van der Waals surface area contributed by atoms with Gasteiger partial charge in [-0.2, -0.15) is 0 Å². The quantitative estimate of drug-likeness (QED) is 0.166. The van der Waals surface area contributed by atoms with E-state index in [4.69, 9.17) is 0 Å². The monoisotopic (exact) mass is 885 g/mol. The minimum atomic E-state index is -0.379. The lowest BCUT2D eigenvalue weighted by atomic mass is 9.67. The van der Waals surface area contributed by atoms with E-state index in [1.165, 1.54) is 127 Å². The van der Waals surface area contributed by atoms with E-state index >= 15 is 0 Å². The van der Waals surface area contributed by atoms with Crippen LogP contribution in [0.15, 0.2) is 194 Å². The van der Waals surface area contributed by atoms with E-state index in [0.717, 1.165) is 28.9 Å². The molecule has 0 saturated heterocycles. The SMILES string of the molecule is Cc1ccc2c(c1)C1(c3ccccc3-c3ccc(-c4ccc(N(c5ccc6c(c5)C(C)(C)c5ccccc5-6)c5ccccc5-c5ccccc5)cc4)cc31)c1cc3c(cc1-2)C1CC2CC(C1)CC3C2. The van der Waals surface area contributed by atoms with E-state index in [1.54, 1.807) is 11.1 Å². The van der Waals surface area contributed by atoms with E-state index in [-0.39, 0.29) is 10.8 Å². The van der Waals surface area contributed by atoms with E-state index in [0.29, 0.717) is 11.8 Å². The van der Waals surface area contributed by atoms with Gasteiger partial charge < -0.3 is 4.90 Å². The van der Waals surface area contributed by atoms with Gasteiger partial charge in [0, 0.05) is 22.4 Å². The second-order valence-corrected chi connectivity index (χ2v) is 22.1. The van der Waals surface area contributed by atoms with Crippen molar-refractivity contribution in [2.45, 2.75) is 75.5 Å². The van der Waals surface area contributed by atoms with Gasteiger partial charge in [-0.25, -0.2) is 0 Å². The average molecular weight is 886 g/mol. The minimum Gasteiger partial charge on any atom is -0.310 e. The number of rotatable bonds is 5. The number of nitrogens with zero attached hydrogens (tertiary/aromatic N) is 1. The molecule has 0 N–H and O–H groups in total. The maximum Gasteiger partial charge on any atom is 0.0725 e. The highest BCUT2D eigenvalue weighted by Crippen LogP contribution is 2.66. The number of hydrogen-bond donors (Lipinski definition) is 0. The molecule has 0 radical (unpaired) electrons. The van der Waals surface area contributed by atoms with E-state index in [2.05, 4.69) is 220 Å². The lowest BCUT2D eigenvalue weighted by Crippen LogP contribution is -2.26. The Kier molecular flexibility index (Phi) is 8.30. The van der Waals surface area contributed by atoms with Crippen LogP contribution in [0.2, 0.25) is 0 Å². The van der Waals surface area contributed by atoms with Crippen LogP contribution in [-0.2, 0) is 10.8 Å². The lowest BCUT2D eigenvalue weighted by molar-refractivity contribution is 0.166. The van der Waals surface area contributed by atoms with Crippen molar-refractivity contribution in [1.82, 2.24) is 0 Å². The second kappa shape index (κ2) is 14.4. The summed E-state index contributed by atoms with van der Waals surface area (Å²) >= 11 is 0. The van der Waals surface area contributed by atoms with Crippen molar-refractivity contribution in [3.63, 3.8) is 0 Å². The molecule has 2 fully saturated rings. The van der Waals surface area contributed by atoms with Crippen LogP contribution < -0.4 is 4.90 Å². The molecule has 1 nitrogen and oxygen atoms in total. The third-order valence-corrected chi connectivity index (χ3v) is 18.1. The molecule has 3 atom stereocenters. The van der Waals surface area contributed by atoms with Crippen LogP contribution in [0.1, 0.15) is 108 Å². The summed E-state index contributed by atoms with van der Waals surface area (Å²) in [5.74, 6) is 3.18. The van der Waals surface area contributed by atoms with Crippen molar-refractivity contribution in [1.29, 1.82) is 0 Å². The summed E-state index contributed by atoms with van der Waals surface area (Å²) in [6.45, 7) is 7.04. The van der Waals surface area contributed by atoms with Crippen molar-refractivity contribution < 1.29 is 0 Å². The minimum absolute atomic E-state index is 0.113. The zero-order chi connectivity index (χ0) is 45.8. The van der Waals surface area contributed by atoms with Gasteiger partial charge in [0.05, 0.1) is 11.1 Å². The molecule has 0 amide bonds. The standard InChI is InChI=1S/C68H55N/c1-41-21-28-56-59-39-57-47-33-42-32-43(34-47)36-48(35-42)58(57)40-65(59)68(63(56)31-41)61-19-11-8-17-53(61)55-29-24-46(37-64(55)68)44-22-25-49(26-23-44)69(66-20-12-9-15-51(66)45-13-5-4-6-14-45)50-27-30-54-52-16-7-10-18-60(52)67(2,3)62(54)38-50/h4-31,37-40,42-43,47-48H,32-36H2,1-3H3. The zero-order valence-corrected chi connectivity index (χ0v) is 39.8.